The second-order valence-electron chi connectivity index (χ2n) is 2.41. The van der Waals surface area contributed by atoms with E-state index in [-0.39, 0.29) is 0 Å². The molecular weight excluding hydrogens is 136 g/mol. The fourth-order valence-corrected chi connectivity index (χ4v) is 0.855. The van der Waals surface area contributed by atoms with Crippen molar-refractivity contribution in [2.24, 2.45) is 9.98 Å². The minimum Gasteiger partial charge on any atom is -0.260 e. The Bertz CT molecular complexity index is 257. The molecule has 0 aromatic rings. The molecule has 0 unspecified atom stereocenters. The molecule has 58 valence electrons. The van der Waals surface area contributed by atoms with Gasteiger partial charge in [0, 0.05) is 0 Å². The van der Waals surface area contributed by atoms with Gasteiger partial charge in [0.05, 0.1) is 12.3 Å². The first kappa shape index (κ1) is 7.92. The van der Waals surface area contributed by atoms with Crippen LogP contribution in [0.2, 0.25) is 0 Å². The first-order valence-corrected chi connectivity index (χ1v) is 3.65. The zero-order valence-electron chi connectivity index (χ0n) is 6.96. The summed E-state index contributed by atoms with van der Waals surface area (Å²) in [6, 6.07) is 0. The van der Waals surface area contributed by atoms with Gasteiger partial charge in [0.2, 0.25) is 0 Å². The fraction of sp³-hybridized carbons (Fsp3) is 0.333. The molecule has 0 N–H and O–H groups in total. The maximum Gasteiger partial charge on any atom is 0.147 e. The smallest absolute Gasteiger partial charge is 0.147 e. The molecule has 1 rings (SSSR count). The van der Waals surface area contributed by atoms with Crippen LogP contribution in [0.5, 0.6) is 0 Å². The van der Waals surface area contributed by atoms with Crippen molar-refractivity contribution in [3.8, 4) is 0 Å². The highest BCUT2D eigenvalue weighted by molar-refractivity contribution is 6.14. The molecule has 0 aliphatic carbocycles. The van der Waals surface area contributed by atoms with Crippen LogP contribution >= 0.6 is 0 Å². The van der Waals surface area contributed by atoms with Crippen molar-refractivity contribution in [1.82, 2.24) is 0 Å². The van der Waals surface area contributed by atoms with Crippen LogP contribution < -0.4 is 0 Å². The summed E-state index contributed by atoms with van der Waals surface area (Å²) in [6.45, 7) is 8.36. The van der Waals surface area contributed by atoms with Crippen LogP contribution in [-0.4, -0.2) is 18.1 Å². The molecule has 1 aliphatic heterocycles. The van der Waals surface area contributed by atoms with Gasteiger partial charge in [-0.1, -0.05) is 12.7 Å². The Labute approximate surface area is 67.1 Å². The Morgan fingerprint density at radius 1 is 1.64 bits per heavy atom. The van der Waals surface area contributed by atoms with E-state index in [1.807, 2.05) is 19.9 Å². The van der Waals surface area contributed by atoms with E-state index in [1.165, 1.54) is 5.57 Å². The number of hydrogen-bond donors (Lipinski definition) is 0. The van der Waals surface area contributed by atoms with Crippen LogP contribution in [-0.2, 0) is 0 Å². The molecule has 0 spiro atoms. The number of amidine groups is 1. The molecule has 0 aromatic heterocycles. The number of nitrogens with zero attached hydrogens (tertiary/aromatic N) is 2. The first-order chi connectivity index (χ1) is 5.27. The molecule has 0 amide bonds. The topological polar surface area (TPSA) is 24.7 Å². The van der Waals surface area contributed by atoms with Crippen molar-refractivity contribution in [3.05, 3.63) is 24.3 Å². The summed E-state index contributed by atoms with van der Waals surface area (Å²) in [5, 5.41) is 0. The highest BCUT2D eigenvalue weighted by atomic mass is 15.0. The maximum absolute atomic E-state index is 4.26. The van der Waals surface area contributed by atoms with Crippen molar-refractivity contribution in [2.75, 3.05) is 6.54 Å². The molecule has 1 aliphatic rings. The largest absolute Gasteiger partial charge is 0.260 e. The normalized spacial score (nSPS) is 17.8. The maximum atomic E-state index is 4.26. The van der Waals surface area contributed by atoms with E-state index in [1.54, 1.807) is 6.08 Å². The minimum absolute atomic E-state index is 0.706. The number of aliphatic imine (C=N–C) groups is 2. The predicted molar refractivity (Wildman–Crippen MR) is 49.4 cm³/mol. The van der Waals surface area contributed by atoms with Crippen LogP contribution in [0, 0.1) is 0 Å². The highest BCUT2D eigenvalue weighted by Crippen LogP contribution is 2.05. The number of allylic oxidation sites excluding steroid dienone is 1. The Morgan fingerprint density at radius 3 is 2.82 bits per heavy atom. The lowest BCUT2D eigenvalue weighted by atomic mass is 10.2. The van der Waals surface area contributed by atoms with Gasteiger partial charge in [0.1, 0.15) is 5.84 Å². The van der Waals surface area contributed by atoms with Crippen LogP contribution in [0.4, 0.5) is 0 Å². The molecule has 0 saturated heterocycles. The summed E-state index contributed by atoms with van der Waals surface area (Å²) in [5.41, 5.74) is 2.26. The van der Waals surface area contributed by atoms with E-state index >= 15 is 0 Å². The van der Waals surface area contributed by atoms with E-state index in [0.717, 1.165) is 11.5 Å². The summed E-state index contributed by atoms with van der Waals surface area (Å²) in [7, 11) is 0. The van der Waals surface area contributed by atoms with Crippen LogP contribution in [0.3, 0.4) is 0 Å². The van der Waals surface area contributed by atoms with Gasteiger partial charge in [-0.3, -0.25) is 4.99 Å². The molecule has 1 heterocycles. The van der Waals surface area contributed by atoms with Gasteiger partial charge in [0.25, 0.3) is 0 Å². The fourth-order valence-electron chi connectivity index (χ4n) is 0.855. The Hall–Kier alpha value is -1.18. The van der Waals surface area contributed by atoms with Crippen molar-refractivity contribution >= 4 is 11.5 Å². The molecule has 0 saturated carbocycles. The monoisotopic (exact) mass is 148 g/mol. The van der Waals surface area contributed by atoms with E-state index < -0.39 is 0 Å². The molecule has 0 aromatic carbocycles. The predicted octanol–water partition coefficient (Wildman–Crippen LogP) is 1.99. The molecule has 11 heavy (non-hydrogen) atoms. The van der Waals surface area contributed by atoms with Gasteiger partial charge in [-0.2, -0.15) is 0 Å². The summed E-state index contributed by atoms with van der Waals surface area (Å²) in [4.78, 5) is 8.42. The summed E-state index contributed by atoms with van der Waals surface area (Å²) < 4.78 is 0. The van der Waals surface area contributed by atoms with Crippen molar-refractivity contribution < 1.29 is 0 Å². The van der Waals surface area contributed by atoms with Gasteiger partial charge in [0.15, 0.2) is 0 Å². The third kappa shape index (κ3) is 1.64. The van der Waals surface area contributed by atoms with E-state index in [0.29, 0.717) is 6.54 Å². The van der Waals surface area contributed by atoms with Crippen LogP contribution in [0.1, 0.15) is 13.8 Å². The van der Waals surface area contributed by atoms with E-state index in [2.05, 4.69) is 16.6 Å². The van der Waals surface area contributed by atoms with E-state index in [4.69, 9.17) is 0 Å². The first-order valence-electron chi connectivity index (χ1n) is 3.65. The third-order valence-corrected chi connectivity index (χ3v) is 1.71. The standard InChI is InChI=1S/C9H12N2/c1-4-7(3)8-6-10-9(5-2)11-8/h4-5H,2,6H2,1,3H3/b7-4+. The van der Waals surface area contributed by atoms with Crippen molar-refractivity contribution in [1.29, 1.82) is 0 Å². The quantitative estimate of drug-likeness (QED) is 0.572. The van der Waals surface area contributed by atoms with Crippen molar-refractivity contribution in [2.45, 2.75) is 13.8 Å². The summed E-state index contributed by atoms with van der Waals surface area (Å²) in [5.74, 6) is 0.751. The van der Waals surface area contributed by atoms with Crippen LogP contribution in [0.15, 0.2) is 34.3 Å². The van der Waals surface area contributed by atoms with E-state index in [9.17, 15) is 0 Å². The average molecular weight is 148 g/mol. The molecule has 0 bridgehead atoms. The second-order valence-corrected chi connectivity index (χ2v) is 2.41. The zero-order chi connectivity index (χ0) is 8.27. The lowest BCUT2D eigenvalue weighted by Gasteiger charge is -1.94. The minimum atomic E-state index is 0.706. The van der Waals surface area contributed by atoms with Gasteiger partial charge in [-0.15, -0.1) is 0 Å². The molecule has 0 atom stereocenters. The Morgan fingerprint density at radius 2 is 2.36 bits per heavy atom. The lowest BCUT2D eigenvalue weighted by Crippen LogP contribution is -1.99. The third-order valence-electron chi connectivity index (χ3n) is 1.71. The molecule has 2 heteroatoms. The Balaban J connectivity index is 2.76. The molecule has 0 radical (unpaired) electrons. The average Bonchev–Trinajstić information content (AvgIpc) is 2.50. The molecular formula is C9H12N2. The summed E-state index contributed by atoms with van der Waals surface area (Å²) in [6.07, 6.45) is 3.72. The van der Waals surface area contributed by atoms with Gasteiger partial charge < -0.3 is 0 Å². The second kappa shape index (κ2) is 3.28. The van der Waals surface area contributed by atoms with Gasteiger partial charge in [-0.25, -0.2) is 4.99 Å². The van der Waals surface area contributed by atoms with Crippen LogP contribution in [0.25, 0.3) is 0 Å². The van der Waals surface area contributed by atoms with Crippen molar-refractivity contribution in [3.63, 3.8) is 0 Å². The molecule has 2 nitrogen and oxygen atoms in total. The Kier molecular flexibility index (Phi) is 2.36. The number of hydrogen-bond acceptors (Lipinski definition) is 2. The zero-order valence-corrected chi connectivity index (χ0v) is 6.96. The van der Waals surface area contributed by atoms with Gasteiger partial charge in [-0.05, 0) is 25.5 Å². The summed E-state index contributed by atoms with van der Waals surface area (Å²) >= 11 is 0. The number of rotatable bonds is 2. The lowest BCUT2D eigenvalue weighted by molar-refractivity contribution is 1.32. The highest BCUT2D eigenvalue weighted by Gasteiger charge is 2.07. The SMILES string of the molecule is C=CC1=NCC(/C(C)=C/C)=N1. The van der Waals surface area contributed by atoms with Gasteiger partial charge >= 0.3 is 0 Å². The molecule has 0 fully saturated rings.